The molecule has 0 aliphatic rings. The monoisotopic (exact) mass is 411 g/mol. The largest absolute Gasteiger partial charge is 0.337 e. The van der Waals surface area contributed by atoms with Crippen LogP contribution >= 0.6 is 0 Å². The average Bonchev–Trinajstić information content (AvgIpc) is 3.27. The number of nitrogens with zero attached hydrogens (tertiary/aromatic N) is 3. The molecule has 0 fully saturated rings. The minimum atomic E-state index is -0.0110. The smallest absolute Gasteiger partial charge is 0.246 e. The lowest BCUT2D eigenvalue weighted by atomic mass is 9.88. The second kappa shape index (κ2) is 9.39. The topological polar surface area (TPSA) is 59.2 Å². The highest BCUT2D eigenvalue weighted by Crippen LogP contribution is 2.28. The quantitative estimate of drug-likeness (QED) is 0.418. The van der Waals surface area contributed by atoms with E-state index in [0.29, 0.717) is 18.1 Å². The first-order chi connectivity index (χ1) is 15.1. The molecule has 0 saturated heterocycles. The van der Waals surface area contributed by atoms with Crippen LogP contribution < -0.4 is 0 Å². The minimum Gasteiger partial charge on any atom is -0.337 e. The van der Waals surface area contributed by atoms with Crippen molar-refractivity contribution < 1.29 is 9.32 Å². The third-order valence-corrected chi connectivity index (χ3v) is 5.36. The Labute approximate surface area is 182 Å². The van der Waals surface area contributed by atoms with Gasteiger partial charge in [-0.3, -0.25) is 4.79 Å². The van der Waals surface area contributed by atoms with E-state index in [9.17, 15) is 4.79 Å². The maximum Gasteiger partial charge on any atom is 0.246 e. The third-order valence-electron chi connectivity index (χ3n) is 5.36. The van der Waals surface area contributed by atoms with Crippen molar-refractivity contribution in [2.45, 2.75) is 25.8 Å². The molecule has 3 aromatic carbocycles. The van der Waals surface area contributed by atoms with Crippen LogP contribution in [-0.2, 0) is 11.3 Å². The number of rotatable bonds is 7. The lowest BCUT2D eigenvalue weighted by Gasteiger charge is -2.21. The minimum absolute atomic E-state index is 0.0110. The summed E-state index contributed by atoms with van der Waals surface area (Å²) in [6, 6.07) is 28.2. The van der Waals surface area contributed by atoms with Crippen LogP contribution in [-0.4, -0.2) is 28.0 Å². The second-order valence-electron chi connectivity index (χ2n) is 7.71. The van der Waals surface area contributed by atoms with E-state index in [1.54, 1.807) is 11.9 Å². The lowest BCUT2D eigenvalue weighted by Crippen LogP contribution is -2.28. The summed E-state index contributed by atoms with van der Waals surface area (Å²) in [4.78, 5) is 19.2. The van der Waals surface area contributed by atoms with Gasteiger partial charge < -0.3 is 9.42 Å². The van der Waals surface area contributed by atoms with E-state index >= 15 is 0 Å². The number of carbonyl (C=O) groups is 1. The van der Waals surface area contributed by atoms with Gasteiger partial charge in [0, 0.05) is 24.9 Å². The van der Waals surface area contributed by atoms with Gasteiger partial charge in [-0.15, -0.1) is 0 Å². The van der Waals surface area contributed by atoms with E-state index in [0.717, 1.165) is 16.7 Å². The average molecular weight is 412 g/mol. The highest BCUT2D eigenvalue weighted by Gasteiger charge is 2.21. The fourth-order valence-electron chi connectivity index (χ4n) is 3.56. The Balaban J connectivity index is 1.46. The van der Waals surface area contributed by atoms with Crippen molar-refractivity contribution in [1.82, 2.24) is 15.0 Å². The van der Waals surface area contributed by atoms with Crippen LogP contribution in [0.25, 0.3) is 11.4 Å². The summed E-state index contributed by atoms with van der Waals surface area (Å²) >= 11 is 0. The zero-order valence-corrected chi connectivity index (χ0v) is 17.7. The highest BCUT2D eigenvalue weighted by molar-refractivity contribution is 5.77. The van der Waals surface area contributed by atoms with Gasteiger partial charge in [-0.25, -0.2) is 0 Å². The molecular formula is C26H25N3O2. The molecule has 1 heterocycles. The van der Waals surface area contributed by atoms with Gasteiger partial charge in [-0.05, 0) is 18.1 Å². The molecule has 0 unspecified atom stereocenters. The molecule has 1 aromatic heterocycles. The number of aromatic nitrogens is 2. The van der Waals surface area contributed by atoms with E-state index in [-0.39, 0.29) is 18.4 Å². The van der Waals surface area contributed by atoms with Crippen molar-refractivity contribution in [3.63, 3.8) is 0 Å². The van der Waals surface area contributed by atoms with Crippen molar-refractivity contribution in [2.75, 3.05) is 7.05 Å². The molecule has 0 radical (unpaired) electrons. The molecule has 5 nitrogen and oxygen atoms in total. The molecule has 5 heteroatoms. The predicted molar refractivity (Wildman–Crippen MR) is 120 cm³/mol. The number of aryl methyl sites for hydroxylation is 1. The van der Waals surface area contributed by atoms with Gasteiger partial charge >= 0.3 is 0 Å². The van der Waals surface area contributed by atoms with Gasteiger partial charge in [0.05, 0.1) is 6.54 Å². The summed E-state index contributed by atoms with van der Waals surface area (Å²) in [5.41, 5.74) is 4.30. The van der Waals surface area contributed by atoms with E-state index in [4.69, 9.17) is 4.52 Å². The maximum atomic E-state index is 13.1. The summed E-state index contributed by atoms with van der Waals surface area (Å²) in [7, 11) is 1.77. The molecule has 4 rings (SSSR count). The fourth-order valence-corrected chi connectivity index (χ4v) is 3.56. The fraction of sp³-hybridized carbons (Fsp3) is 0.192. The second-order valence-corrected chi connectivity index (χ2v) is 7.71. The van der Waals surface area contributed by atoms with Gasteiger partial charge in [0.1, 0.15) is 0 Å². The molecule has 0 saturated carbocycles. The summed E-state index contributed by atoms with van der Waals surface area (Å²) in [6.45, 7) is 2.30. The van der Waals surface area contributed by atoms with Crippen LogP contribution in [0.3, 0.4) is 0 Å². The molecule has 156 valence electrons. The molecule has 4 aromatic rings. The van der Waals surface area contributed by atoms with E-state index in [2.05, 4.69) is 34.4 Å². The molecule has 1 amide bonds. The van der Waals surface area contributed by atoms with Crippen LogP contribution in [0, 0.1) is 6.92 Å². The van der Waals surface area contributed by atoms with Crippen molar-refractivity contribution >= 4 is 5.91 Å². The molecule has 0 aliphatic carbocycles. The molecule has 0 spiro atoms. The first-order valence-electron chi connectivity index (χ1n) is 10.3. The van der Waals surface area contributed by atoms with Crippen LogP contribution in [0.1, 0.15) is 34.9 Å². The van der Waals surface area contributed by atoms with Gasteiger partial charge in [0.2, 0.25) is 17.6 Å². The molecule has 0 aliphatic heterocycles. The summed E-state index contributed by atoms with van der Waals surface area (Å²) in [5, 5.41) is 4.06. The molecule has 31 heavy (non-hydrogen) atoms. The number of benzene rings is 3. The Kier molecular flexibility index (Phi) is 6.22. The summed E-state index contributed by atoms with van der Waals surface area (Å²) in [6.07, 6.45) is 0.365. The van der Waals surface area contributed by atoms with Gasteiger partial charge in [0.25, 0.3) is 0 Å². The zero-order valence-electron chi connectivity index (χ0n) is 17.7. The summed E-state index contributed by atoms with van der Waals surface area (Å²) in [5.74, 6) is 0.959. The zero-order chi connectivity index (χ0) is 21.6. The van der Waals surface area contributed by atoms with E-state index in [1.165, 1.54) is 5.56 Å². The van der Waals surface area contributed by atoms with Gasteiger partial charge in [-0.2, -0.15) is 4.98 Å². The van der Waals surface area contributed by atoms with Crippen LogP contribution in [0.2, 0.25) is 0 Å². The molecular weight excluding hydrogens is 386 g/mol. The first-order valence-corrected chi connectivity index (χ1v) is 10.3. The summed E-state index contributed by atoms with van der Waals surface area (Å²) < 4.78 is 5.39. The van der Waals surface area contributed by atoms with Crippen LogP contribution in [0.15, 0.2) is 89.5 Å². The van der Waals surface area contributed by atoms with E-state index in [1.807, 2.05) is 67.6 Å². The van der Waals surface area contributed by atoms with Crippen molar-refractivity contribution in [3.05, 3.63) is 108 Å². The lowest BCUT2D eigenvalue weighted by molar-refractivity contribution is -0.131. The van der Waals surface area contributed by atoms with Crippen molar-refractivity contribution in [1.29, 1.82) is 0 Å². The normalized spacial score (nSPS) is 10.9. The third kappa shape index (κ3) is 5.07. The Morgan fingerprint density at radius 1 is 0.903 bits per heavy atom. The highest BCUT2D eigenvalue weighted by atomic mass is 16.5. The van der Waals surface area contributed by atoms with Gasteiger partial charge in [0.15, 0.2) is 0 Å². The molecule has 0 atom stereocenters. The van der Waals surface area contributed by atoms with E-state index < -0.39 is 0 Å². The standard InChI is InChI=1S/C26H25N3O2/c1-19-13-15-22(16-14-19)26-27-24(31-28-26)18-29(2)25(30)17-23(20-9-5-3-6-10-20)21-11-7-4-8-12-21/h3-16,23H,17-18H2,1-2H3. The van der Waals surface area contributed by atoms with Crippen LogP contribution in [0.4, 0.5) is 0 Å². The van der Waals surface area contributed by atoms with Crippen molar-refractivity contribution in [2.24, 2.45) is 0 Å². The Morgan fingerprint density at radius 2 is 1.48 bits per heavy atom. The maximum absolute atomic E-state index is 13.1. The Hall–Kier alpha value is -3.73. The molecule has 0 bridgehead atoms. The number of carbonyl (C=O) groups excluding carboxylic acids is 1. The number of hydrogen-bond acceptors (Lipinski definition) is 4. The molecule has 0 N–H and O–H groups in total. The van der Waals surface area contributed by atoms with Gasteiger partial charge in [-0.1, -0.05) is 95.6 Å². The first kappa shape index (κ1) is 20.5. The SMILES string of the molecule is Cc1ccc(-c2noc(CN(C)C(=O)CC(c3ccccc3)c3ccccc3)n2)cc1. The Morgan fingerprint density at radius 3 is 2.06 bits per heavy atom. The number of hydrogen-bond donors (Lipinski definition) is 0. The van der Waals surface area contributed by atoms with Crippen LogP contribution in [0.5, 0.6) is 0 Å². The Bertz CT molecular complexity index is 1080. The predicted octanol–water partition coefficient (Wildman–Crippen LogP) is 5.23. The van der Waals surface area contributed by atoms with Crippen molar-refractivity contribution in [3.8, 4) is 11.4 Å². The number of amides is 1.